The van der Waals surface area contributed by atoms with E-state index in [2.05, 4.69) is 98.1 Å². The normalized spacial score (nSPS) is 10.8. The molecule has 0 atom stereocenters. The fraction of sp³-hybridized carbons (Fsp3) is 0.185. The largest absolute Gasteiger partial charge is 0.452 e. The van der Waals surface area contributed by atoms with E-state index in [1.165, 1.54) is 20.7 Å². The van der Waals surface area contributed by atoms with Gasteiger partial charge in [-0.05, 0) is 49.9 Å². The highest BCUT2D eigenvalue weighted by Crippen LogP contribution is 2.39. The molecule has 178 valence electrons. The van der Waals surface area contributed by atoms with E-state index in [1.807, 2.05) is 0 Å². The second kappa shape index (κ2) is 10.6. The van der Waals surface area contributed by atoms with Crippen molar-refractivity contribution in [2.75, 3.05) is 13.1 Å². The minimum absolute atomic E-state index is 0.819. The van der Waals surface area contributed by atoms with Crippen molar-refractivity contribution in [1.82, 2.24) is 9.56 Å². The Hall–Kier alpha value is -3.91. The van der Waals surface area contributed by atoms with Crippen molar-refractivity contribution in [2.24, 2.45) is 0 Å². The van der Waals surface area contributed by atoms with Crippen molar-refractivity contribution in [3.05, 3.63) is 99.0 Å². The molecule has 0 radical (unpaired) electrons. The minimum Gasteiger partial charge on any atom is -0.452 e. The number of nitrogens with zero attached hydrogens (tertiary/aromatic N) is 3. The average Bonchev–Trinajstić information content (AvgIpc) is 2.85. The number of aryl methyl sites for hydroxylation is 1. The van der Waals surface area contributed by atoms with E-state index in [1.54, 1.807) is 11.8 Å². The Labute approximate surface area is 206 Å². The van der Waals surface area contributed by atoms with Crippen LogP contribution in [0.4, 0.5) is 0 Å². The van der Waals surface area contributed by atoms with Crippen LogP contribution in [0.15, 0.2) is 87.0 Å². The average molecular weight is 488 g/mol. The molecular formula is C27H25N3O4S. The van der Waals surface area contributed by atoms with Gasteiger partial charge in [0.05, 0.1) is 11.2 Å². The first-order valence-corrected chi connectivity index (χ1v) is 12.1. The fourth-order valence-electron chi connectivity index (χ4n) is 4.07. The predicted molar refractivity (Wildman–Crippen MR) is 140 cm³/mol. The summed E-state index contributed by atoms with van der Waals surface area (Å²) in [6.45, 7) is 8.42. The van der Waals surface area contributed by atoms with Gasteiger partial charge in [0.2, 0.25) is 5.36 Å². The summed E-state index contributed by atoms with van der Waals surface area (Å²) in [7, 11) is 0. The molecule has 1 heterocycles. The lowest BCUT2D eigenvalue weighted by atomic mass is 10.1. The van der Waals surface area contributed by atoms with Crippen molar-refractivity contribution >= 4 is 33.6 Å². The van der Waals surface area contributed by atoms with Crippen LogP contribution >= 0.6 is 11.8 Å². The summed E-state index contributed by atoms with van der Waals surface area (Å²) < 4.78 is 8.76. The molecule has 0 bridgehead atoms. The first kappa shape index (κ1) is 24.2. The molecule has 0 N–H and O–H groups in total. The van der Waals surface area contributed by atoms with Gasteiger partial charge in [-0.2, -0.15) is 0 Å². The minimum atomic E-state index is -1.75. The first-order chi connectivity index (χ1) is 16.9. The zero-order valence-corrected chi connectivity index (χ0v) is 20.5. The summed E-state index contributed by atoms with van der Waals surface area (Å²) in [4.78, 5) is 15.7. The zero-order valence-electron chi connectivity index (χ0n) is 19.7. The molecule has 2 aliphatic rings. The van der Waals surface area contributed by atoms with Gasteiger partial charge in [-0.15, -0.1) is 0 Å². The van der Waals surface area contributed by atoms with Gasteiger partial charge in [0, 0.05) is 21.2 Å². The van der Waals surface area contributed by atoms with Gasteiger partial charge < -0.3 is 19.7 Å². The summed E-state index contributed by atoms with van der Waals surface area (Å²) >= 11 is 1.78. The first-order valence-electron chi connectivity index (χ1n) is 11.3. The molecule has 5 rings (SSSR count). The van der Waals surface area contributed by atoms with E-state index in [-0.39, 0.29) is 0 Å². The molecule has 1 aliphatic heterocycles. The SMILES string of the molecule is CC[N+](CC)=c1ccc2nc3c(cc(Sc4ccccc4C)c4ccccc43)oc-2c1.O=[N+]([O-])[O-]. The number of benzene rings is 4. The van der Waals surface area contributed by atoms with E-state index >= 15 is 0 Å². The summed E-state index contributed by atoms with van der Waals surface area (Å²) in [5.41, 5.74) is 3.88. The summed E-state index contributed by atoms with van der Waals surface area (Å²) in [5, 5.41) is 18.2. The lowest BCUT2D eigenvalue weighted by molar-refractivity contribution is -0.402. The lowest BCUT2D eigenvalue weighted by Crippen LogP contribution is -2.29. The molecule has 0 spiro atoms. The van der Waals surface area contributed by atoms with Crippen LogP contribution in [0.25, 0.3) is 33.3 Å². The molecule has 7 nitrogen and oxygen atoms in total. The third kappa shape index (κ3) is 5.27. The van der Waals surface area contributed by atoms with Gasteiger partial charge in [-0.1, -0.05) is 54.2 Å². The Morgan fingerprint density at radius 1 is 0.886 bits per heavy atom. The molecule has 1 aliphatic carbocycles. The second-order valence-electron chi connectivity index (χ2n) is 7.90. The summed E-state index contributed by atoms with van der Waals surface area (Å²) in [6, 6.07) is 25.4. The molecule has 0 unspecified atom stereocenters. The Morgan fingerprint density at radius 2 is 1.54 bits per heavy atom. The van der Waals surface area contributed by atoms with Gasteiger partial charge >= 0.3 is 0 Å². The van der Waals surface area contributed by atoms with Crippen LogP contribution in [0.1, 0.15) is 19.4 Å². The van der Waals surface area contributed by atoms with Gasteiger partial charge in [0.15, 0.2) is 11.3 Å². The Bertz CT molecular complexity index is 1550. The van der Waals surface area contributed by atoms with Crippen LogP contribution in [0.3, 0.4) is 0 Å². The van der Waals surface area contributed by atoms with Crippen molar-refractivity contribution < 1.29 is 9.50 Å². The quantitative estimate of drug-likeness (QED) is 0.0996. The van der Waals surface area contributed by atoms with Gasteiger partial charge in [-0.3, -0.25) is 0 Å². The van der Waals surface area contributed by atoms with E-state index in [9.17, 15) is 0 Å². The molecule has 0 saturated carbocycles. The predicted octanol–water partition coefficient (Wildman–Crippen LogP) is 6.12. The Morgan fingerprint density at radius 3 is 2.23 bits per heavy atom. The molecule has 3 aromatic carbocycles. The molecular weight excluding hydrogens is 462 g/mol. The summed E-state index contributed by atoms with van der Waals surface area (Å²) in [6.07, 6.45) is 0. The van der Waals surface area contributed by atoms with E-state index in [4.69, 9.17) is 24.7 Å². The van der Waals surface area contributed by atoms with Crippen molar-refractivity contribution in [2.45, 2.75) is 30.6 Å². The Kier molecular flexibility index (Phi) is 7.31. The monoisotopic (exact) mass is 487 g/mol. The van der Waals surface area contributed by atoms with Gasteiger partial charge in [0.1, 0.15) is 24.3 Å². The maximum Gasteiger partial charge on any atom is 0.203 e. The highest BCUT2D eigenvalue weighted by Gasteiger charge is 2.16. The third-order valence-corrected chi connectivity index (χ3v) is 7.02. The van der Waals surface area contributed by atoms with Crippen LogP contribution in [0, 0.1) is 22.2 Å². The molecule has 35 heavy (non-hydrogen) atoms. The number of hydrogen-bond acceptors (Lipinski definition) is 6. The fourth-order valence-corrected chi connectivity index (χ4v) is 5.14. The van der Waals surface area contributed by atoms with E-state index in [0.29, 0.717) is 0 Å². The van der Waals surface area contributed by atoms with Crippen molar-refractivity contribution in [1.29, 1.82) is 0 Å². The van der Waals surface area contributed by atoms with Crippen LogP contribution in [-0.2, 0) is 0 Å². The van der Waals surface area contributed by atoms with E-state index in [0.717, 1.165) is 46.4 Å². The molecule has 8 heteroatoms. The number of rotatable bonds is 4. The zero-order chi connectivity index (χ0) is 24.9. The van der Waals surface area contributed by atoms with Gasteiger partial charge in [0.25, 0.3) is 0 Å². The molecule has 3 aromatic rings. The maximum absolute atomic E-state index is 8.25. The standard InChI is InChI=1S/C27H25N2OS.NO3/c1-4-29(5-2)19-14-15-22-23(16-19)30-24-17-26(31-25-13-9-6-10-18(25)3)20-11-7-8-12-21(20)27(24)28-22;2-1(3)4/h6-17H,4-5H2,1-3H3;/q+1;-1. The smallest absolute Gasteiger partial charge is 0.203 e. The lowest BCUT2D eigenvalue weighted by Gasteiger charge is -2.12. The Balaban J connectivity index is 0.000000672. The molecule has 0 aromatic heterocycles. The van der Waals surface area contributed by atoms with Crippen LogP contribution in [0.5, 0.6) is 0 Å². The topological polar surface area (TPSA) is 95.2 Å². The van der Waals surface area contributed by atoms with Gasteiger partial charge in [-0.25, -0.2) is 9.56 Å². The van der Waals surface area contributed by atoms with Crippen LogP contribution in [0.2, 0.25) is 0 Å². The van der Waals surface area contributed by atoms with Crippen LogP contribution < -0.4 is 9.93 Å². The van der Waals surface area contributed by atoms with Crippen molar-refractivity contribution in [3.63, 3.8) is 0 Å². The molecule has 0 fully saturated rings. The maximum atomic E-state index is 8.25. The molecule has 0 amide bonds. The number of aromatic nitrogens is 1. The molecule has 0 saturated heterocycles. The highest BCUT2D eigenvalue weighted by atomic mass is 32.2. The number of hydrogen-bond donors (Lipinski definition) is 0. The summed E-state index contributed by atoms with van der Waals surface area (Å²) in [5.74, 6) is 0.819. The highest BCUT2D eigenvalue weighted by molar-refractivity contribution is 7.99. The third-order valence-electron chi connectivity index (χ3n) is 5.78. The van der Waals surface area contributed by atoms with Crippen LogP contribution in [-0.4, -0.2) is 23.2 Å². The number of fused-ring (bicyclic) bond motifs is 4. The second-order valence-corrected chi connectivity index (χ2v) is 8.98. The van der Waals surface area contributed by atoms with E-state index < -0.39 is 5.09 Å². The van der Waals surface area contributed by atoms with Crippen molar-refractivity contribution in [3.8, 4) is 11.5 Å².